The van der Waals surface area contributed by atoms with E-state index in [2.05, 4.69) is 10.1 Å². The molecule has 1 saturated heterocycles. The molecule has 174 valence electrons. The molecule has 0 aromatic heterocycles. The molecular formula is C23H27F3N2O4. The lowest BCUT2D eigenvalue weighted by Crippen LogP contribution is -2.53. The van der Waals surface area contributed by atoms with Crippen molar-refractivity contribution in [2.75, 3.05) is 7.11 Å². The van der Waals surface area contributed by atoms with E-state index in [1.54, 1.807) is 4.90 Å². The number of amides is 2. The summed E-state index contributed by atoms with van der Waals surface area (Å²) in [5.41, 5.74) is 1.75. The fourth-order valence-electron chi connectivity index (χ4n) is 5.22. The monoisotopic (exact) mass is 452 g/mol. The lowest BCUT2D eigenvalue weighted by Gasteiger charge is -2.38. The van der Waals surface area contributed by atoms with Gasteiger partial charge in [0.25, 0.3) is 0 Å². The summed E-state index contributed by atoms with van der Waals surface area (Å²) in [6, 6.07) is 5.00. The number of benzene rings is 1. The number of hydrogen-bond donors (Lipinski definition) is 1. The molecule has 1 aromatic rings. The van der Waals surface area contributed by atoms with E-state index in [1.165, 1.54) is 37.8 Å². The Labute approximate surface area is 184 Å². The Hall–Kier alpha value is -2.71. The summed E-state index contributed by atoms with van der Waals surface area (Å²) in [5.74, 6) is -0.842. The van der Waals surface area contributed by atoms with Gasteiger partial charge in [0.05, 0.1) is 18.7 Å². The average molecular weight is 452 g/mol. The van der Waals surface area contributed by atoms with E-state index in [0.717, 1.165) is 32.1 Å². The second kappa shape index (κ2) is 9.03. The van der Waals surface area contributed by atoms with Crippen molar-refractivity contribution >= 4 is 17.6 Å². The van der Waals surface area contributed by atoms with Crippen LogP contribution in [0.4, 0.5) is 18.0 Å². The van der Waals surface area contributed by atoms with E-state index < -0.39 is 18.4 Å². The molecule has 9 heteroatoms. The van der Waals surface area contributed by atoms with Crippen LogP contribution < -0.4 is 10.1 Å². The zero-order valence-electron chi connectivity index (χ0n) is 17.9. The molecule has 0 unspecified atom stereocenters. The maximum Gasteiger partial charge on any atom is 0.573 e. The van der Waals surface area contributed by atoms with E-state index >= 15 is 0 Å². The molecule has 1 N–H and O–H groups in total. The first-order valence-electron chi connectivity index (χ1n) is 11.0. The topological polar surface area (TPSA) is 67.9 Å². The number of halogens is 3. The number of nitrogens with zero attached hydrogens (tertiary/aromatic N) is 1. The Morgan fingerprint density at radius 1 is 1.03 bits per heavy atom. The zero-order valence-corrected chi connectivity index (χ0v) is 17.9. The number of carbonyl (C=O) groups is 2. The van der Waals surface area contributed by atoms with Gasteiger partial charge in [0.1, 0.15) is 5.75 Å². The average Bonchev–Trinajstić information content (AvgIpc) is 3.07. The Morgan fingerprint density at radius 3 is 2.34 bits per heavy atom. The summed E-state index contributed by atoms with van der Waals surface area (Å²) in [6.45, 7) is 0. The summed E-state index contributed by atoms with van der Waals surface area (Å²) in [7, 11) is 1.29. The zero-order chi connectivity index (χ0) is 22.9. The molecule has 2 atom stereocenters. The van der Waals surface area contributed by atoms with Crippen LogP contribution in [0.1, 0.15) is 56.9 Å². The molecule has 1 aromatic carbocycles. The predicted octanol–water partition coefficient (Wildman–Crippen LogP) is 4.79. The van der Waals surface area contributed by atoms with Crippen molar-refractivity contribution in [1.82, 2.24) is 10.2 Å². The third-order valence-corrected chi connectivity index (χ3v) is 6.61. The third-order valence-electron chi connectivity index (χ3n) is 6.61. The maximum absolute atomic E-state index is 13.1. The normalized spacial score (nSPS) is 23.8. The van der Waals surface area contributed by atoms with E-state index in [9.17, 15) is 22.8 Å². The van der Waals surface area contributed by atoms with Crippen LogP contribution >= 0.6 is 0 Å². The summed E-state index contributed by atoms with van der Waals surface area (Å²) < 4.78 is 46.4. The van der Waals surface area contributed by atoms with Crippen molar-refractivity contribution < 1.29 is 32.2 Å². The number of carbonyl (C=O) groups excluding carboxylic acids is 2. The highest BCUT2D eigenvalue weighted by atomic mass is 19.4. The minimum atomic E-state index is -4.77. The first-order valence-corrected chi connectivity index (χ1v) is 11.0. The van der Waals surface area contributed by atoms with E-state index in [1.807, 2.05) is 0 Å². The second-order valence-electron chi connectivity index (χ2n) is 8.60. The first kappa shape index (κ1) is 22.5. The number of alkyl halides is 3. The molecule has 3 aliphatic rings. The van der Waals surface area contributed by atoms with Gasteiger partial charge < -0.3 is 19.7 Å². The van der Waals surface area contributed by atoms with Gasteiger partial charge >= 0.3 is 18.4 Å². The Bertz CT molecular complexity index is 891. The van der Waals surface area contributed by atoms with Gasteiger partial charge in [-0.15, -0.1) is 13.2 Å². The Balaban J connectivity index is 1.60. The molecule has 32 heavy (non-hydrogen) atoms. The number of nitrogens with one attached hydrogen (secondary N) is 1. The van der Waals surface area contributed by atoms with Crippen LogP contribution in [-0.4, -0.2) is 48.5 Å². The molecule has 0 radical (unpaired) electrons. The van der Waals surface area contributed by atoms with Crippen LogP contribution in [0.5, 0.6) is 5.75 Å². The minimum Gasteiger partial charge on any atom is -0.466 e. The SMILES string of the molecule is COC(=O)C1=C(c2ccc(OC(F)(F)F)cc2)C[C@@H]2CC[C@H]1N2C(=O)NC1CCCCC1. The van der Waals surface area contributed by atoms with Gasteiger partial charge in [0.15, 0.2) is 0 Å². The molecule has 1 aliphatic carbocycles. The van der Waals surface area contributed by atoms with Gasteiger partial charge in [-0.05, 0) is 55.4 Å². The summed E-state index contributed by atoms with van der Waals surface area (Å²) in [5, 5.41) is 3.14. The van der Waals surface area contributed by atoms with Crippen LogP contribution in [0.25, 0.3) is 5.57 Å². The molecule has 6 nitrogen and oxygen atoms in total. The Kier molecular flexibility index (Phi) is 6.35. The smallest absolute Gasteiger partial charge is 0.466 e. The molecule has 2 heterocycles. The molecule has 2 aliphatic heterocycles. The Morgan fingerprint density at radius 2 is 1.72 bits per heavy atom. The standard InChI is InChI=1S/C23H27F3N2O4/c1-31-21(29)20-18(14-7-10-17(11-8-14)32-23(24,25)26)13-16-9-12-19(20)28(16)22(30)27-15-5-3-2-4-6-15/h7-8,10-11,15-16,19H,2-6,9,12-13H2,1H3,(H,27,30)/t16-,19+/m0/s1. The van der Waals surface area contributed by atoms with Crippen molar-refractivity contribution in [3.63, 3.8) is 0 Å². The van der Waals surface area contributed by atoms with Crippen molar-refractivity contribution in [1.29, 1.82) is 0 Å². The number of hydrogen-bond acceptors (Lipinski definition) is 4. The van der Waals surface area contributed by atoms with E-state index in [4.69, 9.17) is 4.74 Å². The van der Waals surface area contributed by atoms with Gasteiger partial charge in [-0.25, -0.2) is 9.59 Å². The first-order chi connectivity index (χ1) is 15.3. The van der Waals surface area contributed by atoms with Gasteiger partial charge in [0, 0.05) is 12.1 Å². The molecule has 2 bridgehead atoms. The second-order valence-corrected chi connectivity index (χ2v) is 8.60. The predicted molar refractivity (Wildman–Crippen MR) is 111 cm³/mol. The summed E-state index contributed by atoms with van der Waals surface area (Å²) >= 11 is 0. The highest BCUT2D eigenvalue weighted by Crippen LogP contribution is 2.44. The van der Waals surface area contributed by atoms with Gasteiger partial charge in [-0.3, -0.25) is 0 Å². The van der Waals surface area contributed by atoms with Gasteiger partial charge in [-0.1, -0.05) is 31.4 Å². The molecule has 0 spiro atoms. The number of esters is 1. The molecule has 4 rings (SSSR count). The van der Waals surface area contributed by atoms with E-state index in [0.29, 0.717) is 29.6 Å². The lowest BCUT2D eigenvalue weighted by atomic mass is 9.88. The number of ether oxygens (including phenoxy) is 2. The third kappa shape index (κ3) is 4.71. The van der Waals surface area contributed by atoms with Crippen molar-refractivity contribution in [2.24, 2.45) is 0 Å². The molecule has 2 amide bonds. The molecular weight excluding hydrogens is 425 g/mol. The highest BCUT2D eigenvalue weighted by Gasteiger charge is 2.47. The number of urea groups is 1. The minimum absolute atomic E-state index is 0.0712. The maximum atomic E-state index is 13.1. The fraction of sp³-hybridized carbons (Fsp3) is 0.565. The van der Waals surface area contributed by atoms with E-state index in [-0.39, 0.29) is 23.9 Å². The largest absolute Gasteiger partial charge is 0.573 e. The van der Waals surface area contributed by atoms with Gasteiger partial charge in [0.2, 0.25) is 0 Å². The summed E-state index contributed by atoms with van der Waals surface area (Å²) in [6.07, 6.45) is 2.39. The van der Waals surface area contributed by atoms with Crippen LogP contribution in [0.3, 0.4) is 0 Å². The highest BCUT2D eigenvalue weighted by molar-refractivity contribution is 6.01. The van der Waals surface area contributed by atoms with Crippen molar-refractivity contribution in [2.45, 2.75) is 75.9 Å². The quantitative estimate of drug-likeness (QED) is 0.667. The van der Waals surface area contributed by atoms with Crippen LogP contribution in [0.15, 0.2) is 29.8 Å². The van der Waals surface area contributed by atoms with Crippen LogP contribution in [0, 0.1) is 0 Å². The summed E-state index contributed by atoms with van der Waals surface area (Å²) in [4.78, 5) is 27.6. The number of methoxy groups -OCH3 is 1. The molecule has 1 saturated carbocycles. The van der Waals surface area contributed by atoms with Crippen LogP contribution in [-0.2, 0) is 9.53 Å². The van der Waals surface area contributed by atoms with Crippen molar-refractivity contribution in [3.8, 4) is 5.75 Å². The molecule has 2 fully saturated rings. The number of rotatable bonds is 4. The lowest BCUT2D eigenvalue weighted by molar-refractivity contribution is -0.274. The van der Waals surface area contributed by atoms with Gasteiger partial charge in [-0.2, -0.15) is 0 Å². The van der Waals surface area contributed by atoms with Crippen molar-refractivity contribution in [3.05, 3.63) is 35.4 Å². The number of fused-ring (bicyclic) bond motifs is 2. The fourth-order valence-corrected chi connectivity index (χ4v) is 5.22. The van der Waals surface area contributed by atoms with Crippen LogP contribution in [0.2, 0.25) is 0 Å².